The van der Waals surface area contributed by atoms with Crippen LogP contribution in [0.4, 0.5) is 0 Å². The Morgan fingerprint density at radius 3 is 2.59 bits per heavy atom. The van der Waals surface area contributed by atoms with Crippen LogP contribution in [0.15, 0.2) is 28.7 Å². The zero-order valence-electron chi connectivity index (χ0n) is 10.3. The Balaban J connectivity index is 2.11. The molecule has 0 N–H and O–H groups in total. The first-order valence-corrected chi connectivity index (χ1v) is 6.94. The Morgan fingerprint density at radius 2 is 2.06 bits per heavy atom. The minimum absolute atomic E-state index is 0.00586. The molecule has 2 rings (SSSR count). The molecule has 0 spiro atoms. The van der Waals surface area contributed by atoms with Crippen molar-refractivity contribution in [3.05, 3.63) is 34.3 Å². The highest BCUT2D eigenvalue weighted by atomic mass is 79.9. The summed E-state index contributed by atoms with van der Waals surface area (Å²) in [6.07, 6.45) is 2.41. The second-order valence-corrected chi connectivity index (χ2v) is 5.69. The minimum Gasteiger partial charge on any atom is -0.292 e. The molecule has 0 bridgehead atoms. The SMILES string of the molecule is CC1CCCN1C(C)C(=O)c1ccc(Br)cc1. The van der Waals surface area contributed by atoms with Gasteiger partial charge >= 0.3 is 0 Å². The first kappa shape index (κ1) is 12.8. The third-order valence-electron chi connectivity index (χ3n) is 3.61. The number of likely N-dealkylation sites (tertiary alicyclic amines) is 1. The lowest BCUT2D eigenvalue weighted by atomic mass is 10.0. The molecule has 0 aromatic heterocycles. The molecule has 0 aliphatic carbocycles. The summed E-state index contributed by atoms with van der Waals surface area (Å²) in [6, 6.07) is 8.16. The Bertz CT molecular complexity index is 401. The van der Waals surface area contributed by atoms with Gasteiger partial charge in [0.2, 0.25) is 0 Å². The monoisotopic (exact) mass is 295 g/mol. The Morgan fingerprint density at radius 1 is 1.41 bits per heavy atom. The van der Waals surface area contributed by atoms with E-state index < -0.39 is 0 Å². The molecule has 1 aliphatic rings. The summed E-state index contributed by atoms with van der Waals surface area (Å²) >= 11 is 3.39. The van der Waals surface area contributed by atoms with Gasteiger partial charge in [-0.25, -0.2) is 0 Å². The van der Waals surface area contributed by atoms with E-state index in [0.29, 0.717) is 6.04 Å². The van der Waals surface area contributed by atoms with Crippen LogP contribution in [-0.4, -0.2) is 29.3 Å². The molecule has 1 aliphatic heterocycles. The van der Waals surface area contributed by atoms with E-state index >= 15 is 0 Å². The maximum Gasteiger partial charge on any atom is 0.179 e. The van der Waals surface area contributed by atoms with Crippen molar-refractivity contribution in [2.24, 2.45) is 0 Å². The second-order valence-electron chi connectivity index (χ2n) is 4.78. The van der Waals surface area contributed by atoms with Crippen molar-refractivity contribution in [2.75, 3.05) is 6.54 Å². The standard InChI is InChI=1S/C14H18BrNO/c1-10-4-3-9-16(10)11(2)14(17)12-5-7-13(15)8-6-12/h5-8,10-11H,3-4,9H2,1-2H3. The van der Waals surface area contributed by atoms with Crippen LogP contribution in [-0.2, 0) is 0 Å². The zero-order valence-corrected chi connectivity index (χ0v) is 11.9. The van der Waals surface area contributed by atoms with Crippen LogP contribution in [0.25, 0.3) is 0 Å². The van der Waals surface area contributed by atoms with E-state index in [9.17, 15) is 4.79 Å². The van der Waals surface area contributed by atoms with Gasteiger partial charge < -0.3 is 0 Å². The molecule has 0 radical (unpaired) electrons. The summed E-state index contributed by atoms with van der Waals surface area (Å²) in [5, 5.41) is 0. The molecule has 1 saturated heterocycles. The summed E-state index contributed by atoms with van der Waals surface area (Å²) in [7, 11) is 0. The van der Waals surface area contributed by atoms with E-state index in [1.54, 1.807) is 0 Å². The molecule has 17 heavy (non-hydrogen) atoms. The fourth-order valence-corrected chi connectivity index (χ4v) is 2.80. The van der Waals surface area contributed by atoms with Gasteiger partial charge in [-0.3, -0.25) is 9.69 Å². The van der Waals surface area contributed by atoms with Gasteiger partial charge in [-0.2, -0.15) is 0 Å². The number of benzene rings is 1. The average Bonchev–Trinajstić information content (AvgIpc) is 2.74. The highest BCUT2D eigenvalue weighted by Crippen LogP contribution is 2.22. The lowest BCUT2D eigenvalue weighted by Crippen LogP contribution is -2.40. The lowest BCUT2D eigenvalue weighted by molar-refractivity contribution is 0.0829. The van der Waals surface area contributed by atoms with Gasteiger partial charge in [0.25, 0.3) is 0 Å². The fourth-order valence-electron chi connectivity index (χ4n) is 2.54. The van der Waals surface area contributed by atoms with Crippen molar-refractivity contribution in [3.8, 4) is 0 Å². The van der Waals surface area contributed by atoms with E-state index in [1.165, 1.54) is 12.8 Å². The molecule has 3 heteroatoms. The van der Waals surface area contributed by atoms with Gasteiger partial charge in [-0.1, -0.05) is 28.1 Å². The molecular weight excluding hydrogens is 278 g/mol. The highest BCUT2D eigenvalue weighted by Gasteiger charge is 2.29. The van der Waals surface area contributed by atoms with Gasteiger partial charge in [0.05, 0.1) is 6.04 Å². The summed E-state index contributed by atoms with van der Waals surface area (Å²) in [4.78, 5) is 14.6. The maximum absolute atomic E-state index is 12.3. The Kier molecular flexibility index (Phi) is 4.00. The van der Waals surface area contributed by atoms with E-state index in [-0.39, 0.29) is 11.8 Å². The third-order valence-corrected chi connectivity index (χ3v) is 4.14. The summed E-state index contributed by atoms with van der Waals surface area (Å²) < 4.78 is 1.01. The maximum atomic E-state index is 12.3. The second kappa shape index (κ2) is 5.32. The van der Waals surface area contributed by atoms with E-state index in [2.05, 4.69) is 27.8 Å². The largest absolute Gasteiger partial charge is 0.292 e. The number of hydrogen-bond donors (Lipinski definition) is 0. The van der Waals surface area contributed by atoms with Gasteiger partial charge in [-0.05, 0) is 45.4 Å². The van der Waals surface area contributed by atoms with Crippen LogP contribution < -0.4 is 0 Å². The van der Waals surface area contributed by atoms with Gasteiger partial charge in [0.1, 0.15) is 0 Å². The minimum atomic E-state index is -0.00586. The molecule has 2 unspecified atom stereocenters. The molecule has 1 fully saturated rings. The third kappa shape index (κ3) is 2.78. The first-order chi connectivity index (χ1) is 8.09. The Labute approximate surface area is 111 Å². The molecule has 0 saturated carbocycles. The number of carbonyl (C=O) groups excluding carboxylic acids is 1. The normalized spacial score (nSPS) is 22.6. The van der Waals surface area contributed by atoms with Crippen LogP contribution >= 0.6 is 15.9 Å². The van der Waals surface area contributed by atoms with E-state index in [1.807, 2.05) is 31.2 Å². The average molecular weight is 296 g/mol. The molecule has 2 atom stereocenters. The number of rotatable bonds is 3. The van der Waals surface area contributed by atoms with Crippen molar-refractivity contribution in [3.63, 3.8) is 0 Å². The van der Waals surface area contributed by atoms with Crippen LogP contribution in [0.3, 0.4) is 0 Å². The molecule has 0 amide bonds. The zero-order chi connectivity index (χ0) is 12.4. The highest BCUT2D eigenvalue weighted by molar-refractivity contribution is 9.10. The molecule has 1 aromatic rings. The predicted octanol–water partition coefficient (Wildman–Crippen LogP) is 3.50. The predicted molar refractivity (Wildman–Crippen MR) is 73.3 cm³/mol. The van der Waals surface area contributed by atoms with E-state index in [0.717, 1.165) is 16.6 Å². The summed E-state index contributed by atoms with van der Waals surface area (Å²) in [6.45, 7) is 5.27. The molecule has 2 nitrogen and oxygen atoms in total. The number of nitrogens with zero attached hydrogens (tertiary/aromatic N) is 1. The van der Waals surface area contributed by atoms with Crippen LogP contribution in [0.2, 0.25) is 0 Å². The quantitative estimate of drug-likeness (QED) is 0.796. The van der Waals surface area contributed by atoms with Crippen molar-refractivity contribution >= 4 is 21.7 Å². The van der Waals surface area contributed by atoms with Crippen molar-refractivity contribution in [2.45, 2.75) is 38.8 Å². The number of carbonyl (C=O) groups is 1. The fraction of sp³-hybridized carbons (Fsp3) is 0.500. The number of halogens is 1. The molecular formula is C14H18BrNO. The Hall–Kier alpha value is -0.670. The number of ketones is 1. The van der Waals surface area contributed by atoms with Gasteiger partial charge in [-0.15, -0.1) is 0 Å². The van der Waals surface area contributed by atoms with Crippen LogP contribution in [0.1, 0.15) is 37.0 Å². The van der Waals surface area contributed by atoms with E-state index in [4.69, 9.17) is 0 Å². The topological polar surface area (TPSA) is 20.3 Å². The van der Waals surface area contributed by atoms with Gasteiger partial charge in [0.15, 0.2) is 5.78 Å². The summed E-state index contributed by atoms with van der Waals surface area (Å²) in [5.41, 5.74) is 0.805. The number of hydrogen-bond acceptors (Lipinski definition) is 2. The summed E-state index contributed by atoms with van der Waals surface area (Å²) in [5.74, 6) is 0.228. The van der Waals surface area contributed by atoms with Crippen LogP contribution in [0, 0.1) is 0 Å². The molecule has 92 valence electrons. The van der Waals surface area contributed by atoms with Gasteiger partial charge in [0, 0.05) is 16.1 Å². The number of Topliss-reactive ketones (excluding diaryl/α,β-unsaturated/α-hetero) is 1. The van der Waals surface area contributed by atoms with Crippen LogP contribution in [0.5, 0.6) is 0 Å². The molecule has 1 heterocycles. The van der Waals surface area contributed by atoms with Crippen molar-refractivity contribution in [1.82, 2.24) is 4.90 Å². The first-order valence-electron chi connectivity index (χ1n) is 6.15. The lowest BCUT2D eigenvalue weighted by Gasteiger charge is -2.27. The smallest absolute Gasteiger partial charge is 0.179 e. The van der Waals surface area contributed by atoms with Crippen molar-refractivity contribution < 1.29 is 4.79 Å². The molecule has 1 aromatic carbocycles. The van der Waals surface area contributed by atoms with Crippen molar-refractivity contribution in [1.29, 1.82) is 0 Å².